The van der Waals surface area contributed by atoms with Crippen molar-refractivity contribution in [2.75, 3.05) is 0 Å². The van der Waals surface area contributed by atoms with Crippen molar-refractivity contribution in [2.45, 2.75) is 26.3 Å². The molecule has 21 heavy (non-hydrogen) atoms. The molecule has 110 valence electrons. The molecule has 0 aliphatic rings. The van der Waals surface area contributed by atoms with Gasteiger partial charge < -0.3 is 10.5 Å². The summed E-state index contributed by atoms with van der Waals surface area (Å²) in [6.45, 7) is 3.77. The normalized spacial score (nSPS) is 12.0. The van der Waals surface area contributed by atoms with E-state index in [0.29, 0.717) is 5.75 Å². The molecule has 0 unspecified atom stereocenters. The lowest BCUT2D eigenvalue weighted by Gasteiger charge is -2.09. The molecule has 0 aliphatic carbocycles. The highest BCUT2D eigenvalue weighted by Crippen LogP contribution is 2.32. The maximum Gasteiger partial charge on any atom is 0.311 e. The second-order valence-corrected chi connectivity index (χ2v) is 4.72. The Bertz CT molecular complexity index is 639. The number of aromatic nitrogens is 1. The number of hydrogen-bond donors (Lipinski definition) is 1. The van der Waals surface area contributed by atoms with Gasteiger partial charge in [0.25, 0.3) is 0 Å². The smallest absolute Gasteiger partial charge is 0.311 e. The number of pyridine rings is 1. The number of nitro benzene ring substituents is 1. The summed E-state index contributed by atoms with van der Waals surface area (Å²) in [6.07, 6.45) is 2.24. The highest BCUT2D eigenvalue weighted by molar-refractivity contribution is 5.50. The van der Waals surface area contributed by atoms with Crippen molar-refractivity contribution in [3.8, 4) is 11.5 Å². The van der Waals surface area contributed by atoms with Crippen molar-refractivity contribution >= 4 is 5.69 Å². The average Bonchev–Trinajstić information content (AvgIpc) is 2.48. The Morgan fingerprint density at radius 3 is 2.67 bits per heavy atom. The van der Waals surface area contributed by atoms with Crippen LogP contribution in [0.5, 0.6) is 11.5 Å². The van der Waals surface area contributed by atoms with Crippen molar-refractivity contribution in [2.24, 2.45) is 5.73 Å². The first-order valence-electron chi connectivity index (χ1n) is 6.68. The van der Waals surface area contributed by atoms with E-state index >= 15 is 0 Å². The average molecular weight is 287 g/mol. The van der Waals surface area contributed by atoms with Crippen molar-refractivity contribution in [1.82, 2.24) is 4.98 Å². The Morgan fingerprint density at radius 2 is 2.14 bits per heavy atom. The predicted molar refractivity (Wildman–Crippen MR) is 79.4 cm³/mol. The topological polar surface area (TPSA) is 91.3 Å². The third kappa shape index (κ3) is 3.55. The number of aryl methyl sites for hydroxylation is 1. The summed E-state index contributed by atoms with van der Waals surface area (Å²) in [5, 5.41) is 11.1. The molecule has 6 heteroatoms. The van der Waals surface area contributed by atoms with Crippen LogP contribution in [-0.2, 0) is 6.42 Å². The van der Waals surface area contributed by atoms with Gasteiger partial charge in [0.2, 0.25) is 5.75 Å². The Morgan fingerprint density at radius 1 is 1.38 bits per heavy atom. The lowest BCUT2D eigenvalue weighted by atomic mass is 10.1. The van der Waals surface area contributed by atoms with Gasteiger partial charge in [0.1, 0.15) is 5.75 Å². The van der Waals surface area contributed by atoms with Crippen LogP contribution >= 0.6 is 0 Å². The first kappa shape index (κ1) is 14.9. The van der Waals surface area contributed by atoms with Gasteiger partial charge in [-0.1, -0.05) is 13.0 Å². The van der Waals surface area contributed by atoms with E-state index in [-0.39, 0.29) is 17.5 Å². The van der Waals surface area contributed by atoms with Gasteiger partial charge in [0, 0.05) is 12.1 Å². The van der Waals surface area contributed by atoms with Gasteiger partial charge >= 0.3 is 5.69 Å². The fraction of sp³-hybridized carbons (Fsp3) is 0.267. The minimum Gasteiger partial charge on any atom is -0.449 e. The minimum atomic E-state index is -0.446. The molecule has 6 nitrogen and oxygen atoms in total. The summed E-state index contributed by atoms with van der Waals surface area (Å²) in [7, 11) is 0. The molecule has 0 amide bonds. The van der Waals surface area contributed by atoms with E-state index < -0.39 is 4.92 Å². The van der Waals surface area contributed by atoms with Crippen molar-refractivity contribution in [1.29, 1.82) is 0 Å². The standard InChI is InChI=1S/C15H17N3O3/c1-3-11-4-7-15(14(8-11)18(19)20)21-12-5-6-13(10(2)16)17-9-12/h4-10H,3,16H2,1-2H3/t10-/m1/s1. The highest BCUT2D eigenvalue weighted by Gasteiger charge is 2.16. The number of nitrogens with zero attached hydrogens (tertiary/aromatic N) is 2. The fourth-order valence-corrected chi connectivity index (χ4v) is 1.86. The van der Waals surface area contributed by atoms with Crippen LogP contribution < -0.4 is 10.5 Å². The van der Waals surface area contributed by atoms with Gasteiger partial charge in [-0.05, 0) is 37.1 Å². The molecule has 1 heterocycles. The Balaban J connectivity index is 2.28. The van der Waals surface area contributed by atoms with Crippen LogP contribution in [0.1, 0.15) is 31.1 Å². The summed E-state index contributed by atoms with van der Waals surface area (Å²) in [5.74, 6) is 0.638. The molecule has 2 rings (SSSR count). The molecule has 0 fully saturated rings. The largest absolute Gasteiger partial charge is 0.449 e. The van der Waals surface area contributed by atoms with E-state index in [2.05, 4.69) is 4.98 Å². The molecule has 0 aliphatic heterocycles. The number of ether oxygens (including phenoxy) is 1. The number of benzene rings is 1. The van der Waals surface area contributed by atoms with Crippen LogP contribution in [0.3, 0.4) is 0 Å². The Labute approximate surface area is 122 Å². The molecule has 2 N–H and O–H groups in total. The minimum absolute atomic E-state index is 0.0504. The SMILES string of the molecule is CCc1ccc(Oc2ccc([C@@H](C)N)nc2)c([N+](=O)[O-])c1. The summed E-state index contributed by atoms with van der Waals surface area (Å²) in [6, 6.07) is 8.22. The maximum atomic E-state index is 11.1. The Kier molecular flexibility index (Phi) is 4.49. The van der Waals surface area contributed by atoms with Gasteiger partial charge in [-0.15, -0.1) is 0 Å². The van der Waals surface area contributed by atoms with Crippen LogP contribution in [0.2, 0.25) is 0 Å². The molecule has 0 spiro atoms. The lowest BCUT2D eigenvalue weighted by Crippen LogP contribution is -2.06. The molecular weight excluding hydrogens is 270 g/mol. The second-order valence-electron chi connectivity index (χ2n) is 4.72. The van der Waals surface area contributed by atoms with Crippen LogP contribution in [0.15, 0.2) is 36.5 Å². The van der Waals surface area contributed by atoms with Crippen molar-refractivity contribution in [3.63, 3.8) is 0 Å². The molecule has 0 bridgehead atoms. The maximum absolute atomic E-state index is 11.1. The highest BCUT2D eigenvalue weighted by atomic mass is 16.6. The van der Waals surface area contributed by atoms with Crippen LogP contribution in [0.25, 0.3) is 0 Å². The third-order valence-corrected chi connectivity index (χ3v) is 3.08. The first-order chi connectivity index (χ1) is 10.0. The van der Waals surface area contributed by atoms with E-state index in [0.717, 1.165) is 17.7 Å². The summed E-state index contributed by atoms with van der Waals surface area (Å²) in [5.41, 5.74) is 7.29. The van der Waals surface area contributed by atoms with Crippen LogP contribution in [0.4, 0.5) is 5.69 Å². The van der Waals surface area contributed by atoms with Gasteiger partial charge in [0.15, 0.2) is 0 Å². The van der Waals surface area contributed by atoms with Gasteiger partial charge in [-0.2, -0.15) is 0 Å². The van der Waals surface area contributed by atoms with Crippen LogP contribution in [0, 0.1) is 10.1 Å². The molecule has 1 atom stereocenters. The molecule has 0 radical (unpaired) electrons. The zero-order chi connectivity index (χ0) is 15.4. The zero-order valence-corrected chi connectivity index (χ0v) is 11.9. The van der Waals surface area contributed by atoms with Gasteiger partial charge in [-0.3, -0.25) is 15.1 Å². The van der Waals surface area contributed by atoms with Crippen molar-refractivity contribution < 1.29 is 9.66 Å². The molecule has 1 aromatic heterocycles. The monoisotopic (exact) mass is 287 g/mol. The van der Waals surface area contributed by atoms with Crippen LogP contribution in [-0.4, -0.2) is 9.91 Å². The number of rotatable bonds is 5. The van der Waals surface area contributed by atoms with E-state index in [1.807, 2.05) is 19.9 Å². The summed E-state index contributed by atoms with van der Waals surface area (Å²) >= 11 is 0. The third-order valence-electron chi connectivity index (χ3n) is 3.08. The summed E-state index contributed by atoms with van der Waals surface area (Å²) in [4.78, 5) is 14.8. The Hall–Kier alpha value is -2.47. The quantitative estimate of drug-likeness (QED) is 0.672. The van der Waals surface area contributed by atoms with E-state index in [1.54, 1.807) is 18.2 Å². The van der Waals surface area contributed by atoms with Gasteiger partial charge in [0.05, 0.1) is 16.8 Å². The fourth-order valence-electron chi connectivity index (χ4n) is 1.86. The second kappa shape index (κ2) is 6.32. The van der Waals surface area contributed by atoms with E-state index in [4.69, 9.17) is 10.5 Å². The molecular formula is C15H17N3O3. The molecule has 0 saturated carbocycles. The zero-order valence-electron chi connectivity index (χ0n) is 11.9. The summed E-state index contributed by atoms with van der Waals surface area (Å²) < 4.78 is 5.56. The van der Waals surface area contributed by atoms with Crippen molar-refractivity contribution in [3.05, 3.63) is 57.9 Å². The number of nitrogens with two attached hydrogens (primary N) is 1. The molecule has 1 aromatic carbocycles. The first-order valence-corrected chi connectivity index (χ1v) is 6.68. The molecule has 0 saturated heterocycles. The predicted octanol–water partition coefficient (Wildman–Crippen LogP) is 3.36. The molecule has 2 aromatic rings. The van der Waals surface area contributed by atoms with Gasteiger partial charge in [-0.25, -0.2) is 0 Å². The van der Waals surface area contributed by atoms with E-state index in [9.17, 15) is 10.1 Å². The lowest BCUT2D eigenvalue weighted by molar-refractivity contribution is -0.385. The van der Waals surface area contributed by atoms with E-state index in [1.165, 1.54) is 12.3 Å². The number of nitro groups is 1. The number of hydrogen-bond acceptors (Lipinski definition) is 5.